The second-order valence-corrected chi connectivity index (χ2v) is 10.6. The number of fused-ring (bicyclic) bond motifs is 2. The van der Waals surface area contributed by atoms with Gasteiger partial charge in [0.15, 0.2) is 0 Å². The number of nitrogens with two attached hydrogens (primary N) is 1. The maximum absolute atomic E-state index is 11.2. The van der Waals surface area contributed by atoms with Gasteiger partial charge in [0.05, 0.1) is 0 Å². The Hall–Kier alpha value is -2.73. The Morgan fingerprint density at radius 3 is 3.10 bits per heavy atom. The second-order valence-electron chi connectivity index (χ2n) is 6.73. The summed E-state index contributed by atoms with van der Waals surface area (Å²) in [5.74, 6) is 3.59. The van der Waals surface area contributed by atoms with Crippen LogP contribution in [0.5, 0.6) is 5.75 Å². The summed E-state index contributed by atoms with van der Waals surface area (Å²) in [6, 6.07) is 3.98. The van der Waals surface area contributed by atoms with Gasteiger partial charge in [-0.05, 0) is 0 Å². The van der Waals surface area contributed by atoms with Crippen LogP contribution in [0.15, 0.2) is 28.5 Å². The van der Waals surface area contributed by atoms with Crippen LogP contribution in [0, 0.1) is 12.3 Å². The molecule has 1 amide bonds. The minimum absolute atomic E-state index is 0.0769. The van der Waals surface area contributed by atoms with Gasteiger partial charge in [0.25, 0.3) is 0 Å². The molecule has 0 saturated heterocycles. The molecule has 0 atom stereocenters. The predicted molar refractivity (Wildman–Crippen MR) is 117 cm³/mol. The van der Waals surface area contributed by atoms with Crippen LogP contribution in [0.25, 0.3) is 11.2 Å². The molecule has 4 N–H and O–H groups in total. The van der Waals surface area contributed by atoms with Crippen LogP contribution in [0.4, 0.5) is 5.82 Å². The van der Waals surface area contributed by atoms with Gasteiger partial charge in [0.1, 0.15) is 0 Å². The molecule has 3 heterocycles. The Labute approximate surface area is 189 Å². The monoisotopic (exact) mass is 499 g/mol. The number of hydrogen-bond donors (Lipinski definition) is 3. The number of ether oxygens (including phenoxy) is 1. The van der Waals surface area contributed by atoms with Crippen molar-refractivity contribution in [3.05, 3.63) is 29.6 Å². The number of nitrogen functional groups attached to an aromatic ring is 1. The predicted octanol–water partition coefficient (Wildman–Crippen LogP) is 1.91. The molecule has 31 heavy (non-hydrogen) atoms. The first kappa shape index (κ1) is 21.5. The number of amides is 1. The minimum atomic E-state index is -0.360. The Balaban J connectivity index is 1.60. The van der Waals surface area contributed by atoms with E-state index in [4.69, 9.17) is 27.1 Å². The molecular formula is C20H20AsN6O3S. The summed E-state index contributed by atoms with van der Waals surface area (Å²) in [7, 11) is 0. The van der Waals surface area contributed by atoms with Crippen LogP contribution in [0.3, 0.4) is 0 Å². The van der Waals surface area contributed by atoms with Crippen molar-refractivity contribution in [1.82, 2.24) is 25.0 Å². The molecule has 2 aromatic heterocycles. The number of imidazole rings is 1. The Bertz CT molecular complexity index is 1180. The fourth-order valence-corrected chi connectivity index (χ4v) is 6.19. The van der Waals surface area contributed by atoms with Crippen molar-refractivity contribution in [3.8, 4) is 18.1 Å². The van der Waals surface area contributed by atoms with E-state index in [1.54, 1.807) is 5.48 Å². The summed E-state index contributed by atoms with van der Waals surface area (Å²) in [5, 5.41) is 11.0. The van der Waals surface area contributed by atoms with E-state index in [0.717, 1.165) is 43.8 Å². The average Bonchev–Trinajstić information content (AvgIpc) is 3.37. The molecule has 4 rings (SSSR count). The zero-order valence-electron chi connectivity index (χ0n) is 16.5. The van der Waals surface area contributed by atoms with Gasteiger partial charge in [0, 0.05) is 0 Å². The van der Waals surface area contributed by atoms with E-state index >= 15 is 0 Å². The quantitative estimate of drug-likeness (QED) is 0.141. The first-order valence-electron chi connectivity index (χ1n) is 9.57. The number of benzene rings is 1. The molecule has 0 saturated carbocycles. The average molecular weight is 499 g/mol. The van der Waals surface area contributed by atoms with E-state index in [0.29, 0.717) is 36.6 Å². The fourth-order valence-electron chi connectivity index (χ4n) is 3.23. The van der Waals surface area contributed by atoms with Gasteiger partial charge in [0.2, 0.25) is 0 Å². The molecule has 9 nitrogen and oxygen atoms in total. The van der Waals surface area contributed by atoms with Crippen molar-refractivity contribution < 1.29 is 14.7 Å². The zero-order valence-corrected chi connectivity index (χ0v) is 19.2. The van der Waals surface area contributed by atoms with Crippen molar-refractivity contribution in [3.63, 3.8) is 0 Å². The van der Waals surface area contributed by atoms with Crippen LogP contribution >= 0.6 is 11.8 Å². The summed E-state index contributed by atoms with van der Waals surface area (Å²) in [5.41, 5.74) is 10.8. The molecule has 3 aromatic rings. The van der Waals surface area contributed by atoms with Crippen LogP contribution in [0.2, 0.25) is 10.4 Å². The van der Waals surface area contributed by atoms with Gasteiger partial charge in [-0.1, -0.05) is 0 Å². The van der Waals surface area contributed by atoms with Crippen LogP contribution in [-0.4, -0.2) is 53.0 Å². The number of carbonyl (C=O) groups excluding carboxylic acids is 1. The van der Waals surface area contributed by atoms with E-state index in [1.807, 2.05) is 16.7 Å². The normalized spacial score (nSPS) is 12.8. The molecule has 1 aliphatic rings. The SMILES string of the molecule is C#Cc1cc2c(cc1Sc1nc3c(N)ncnc3n1CC[As]CCC(=O)NO)OCC2. The number of rotatable bonds is 8. The summed E-state index contributed by atoms with van der Waals surface area (Å²) >= 11 is 1.38. The van der Waals surface area contributed by atoms with Crippen molar-refractivity contribution in [2.75, 3.05) is 12.3 Å². The molecule has 0 spiro atoms. The van der Waals surface area contributed by atoms with Gasteiger partial charge in [-0.2, -0.15) is 0 Å². The molecule has 11 heteroatoms. The maximum atomic E-state index is 11.2. The van der Waals surface area contributed by atoms with Crippen molar-refractivity contribution in [1.29, 1.82) is 0 Å². The molecule has 0 fully saturated rings. The molecule has 0 unspecified atom stereocenters. The number of anilines is 1. The number of nitrogens with one attached hydrogen (secondary N) is 1. The summed E-state index contributed by atoms with van der Waals surface area (Å²) < 4.78 is 7.73. The van der Waals surface area contributed by atoms with E-state index < -0.39 is 0 Å². The van der Waals surface area contributed by atoms with Gasteiger partial charge < -0.3 is 0 Å². The van der Waals surface area contributed by atoms with Crippen molar-refractivity contribution in [2.45, 2.75) is 39.9 Å². The Morgan fingerprint density at radius 2 is 2.29 bits per heavy atom. The Morgan fingerprint density at radius 1 is 1.42 bits per heavy atom. The van der Waals surface area contributed by atoms with Crippen LogP contribution in [-0.2, 0) is 17.8 Å². The van der Waals surface area contributed by atoms with Gasteiger partial charge in [-0.25, -0.2) is 0 Å². The molecule has 1 aromatic carbocycles. The molecular weight excluding hydrogens is 479 g/mol. The first-order valence-corrected chi connectivity index (χ1v) is 13.0. The summed E-state index contributed by atoms with van der Waals surface area (Å²) in [6.45, 7) is 1.35. The number of terminal acetylenes is 1. The van der Waals surface area contributed by atoms with Crippen molar-refractivity contribution >= 4 is 50.4 Å². The van der Waals surface area contributed by atoms with Crippen molar-refractivity contribution in [2.24, 2.45) is 0 Å². The van der Waals surface area contributed by atoms with E-state index in [-0.39, 0.29) is 21.7 Å². The van der Waals surface area contributed by atoms with E-state index in [1.165, 1.54) is 18.1 Å². The molecule has 1 radical (unpaired) electrons. The van der Waals surface area contributed by atoms with E-state index in [9.17, 15) is 4.79 Å². The second kappa shape index (κ2) is 9.60. The summed E-state index contributed by atoms with van der Waals surface area (Å²) in [6.07, 6.45) is 8.37. The molecule has 1 aliphatic heterocycles. The first-order chi connectivity index (χ1) is 15.1. The molecule has 0 aliphatic carbocycles. The number of hydrogen-bond acceptors (Lipinski definition) is 8. The van der Waals surface area contributed by atoms with Gasteiger partial charge in [-0.15, -0.1) is 0 Å². The Kier molecular flexibility index (Phi) is 6.66. The third-order valence-corrected chi connectivity index (χ3v) is 8.04. The standard InChI is InChI=1S/C20H20AsN6O3S/c1-2-12-9-13-4-8-30-14(13)10-15(12)31-20-25-17-18(22)23-11-24-19(17)27(20)7-6-21-5-3-16(28)26-29/h1,9-11,29H,3-8H2,(H,26,28)(H2,22,23,24). The van der Waals surface area contributed by atoms with E-state index in [2.05, 4.69) is 15.9 Å². The number of hydroxylamine groups is 1. The van der Waals surface area contributed by atoms with Crippen LogP contribution in [0.1, 0.15) is 17.5 Å². The fraction of sp³-hybridized carbons (Fsp3) is 0.300. The molecule has 159 valence electrons. The number of aryl methyl sites for hydroxylation is 1. The number of nitrogens with zero attached hydrogens (tertiary/aromatic N) is 4. The van der Waals surface area contributed by atoms with Gasteiger partial charge in [-0.3, -0.25) is 0 Å². The summed E-state index contributed by atoms with van der Waals surface area (Å²) in [4.78, 5) is 25.2. The number of carbonyl (C=O) groups is 1. The topological polar surface area (TPSA) is 128 Å². The van der Waals surface area contributed by atoms with Gasteiger partial charge >= 0.3 is 190 Å². The third-order valence-electron chi connectivity index (χ3n) is 4.78. The van der Waals surface area contributed by atoms with Crippen LogP contribution < -0.4 is 16.0 Å². The third kappa shape index (κ3) is 4.64. The zero-order chi connectivity index (χ0) is 21.8. The molecule has 0 bridgehead atoms. The number of aromatic nitrogens is 4.